The van der Waals surface area contributed by atoms with Crippen LogP contribution < -0.4 is 5.32 Å². The Hall–Kier alpha value is -1.39. The highest BCUT2D eigenvalue weighted by Crippen LogP contribution is 2.29. The van der Waals surface area contributed by atoms with Crippen LogP contribution in [0.3, 0.4) is 0 Å². The number of carbonyl (C=O) groups is 1. The van der Waals surface area contributed by atoms with E-state index in [1.165, 1.54) is 24.8 Å². The molecule has 0 saturated carbocycles. The van der Waals surface area contributed by atoms with Crippen LogP contribution in [0.5, 0.6) is 0 Å². The van der Waals surface area contributed by atoms with Gasteiger partial charge in [0.2, 0.25) is 0 Å². The Kier molecular flexibility index (Phi) is 6.13. The highest BCUT2D eigenvalue weighted by Gasteiger charge is 2.36. The number of rotatable bonds is 7. The number of amides is 1. The van der Waals surface area contributed by atoms with Crippen molar-refractivity contribution in [2.75, 3.05) is 20.1 Å². The van der Waals surface area contributed by atoms with E-state index in [-0.39, 0.29) is 5.91 Å². The molecule has 2 atom stereocenters. The molecule has 3 rings (SSSR count). The molecule has 1 N–H and O–H groups in total. The van der Waals surface area contributed by atoms with Crippen LogP contribution in [0.2, 0.25) is 0 Å². The largest absolute Gasteiger partial charge is 0.339 e. The van der Waals surface area contributed by atoms with Gasteiger partial charge in [0.05, 0.1) is 0 Å². The first kappa shape index (κ1) is 18.4. The second-order valence-corrected chi connectivity index (χ2v) is 7.74. The predicted octanol–water partition coefficient (Wildman–Crippen LogP) is 3.27. The molecular weight excluding hydrogens is 310 g/mol. The summed E-state index contributed by atoms with van der Waals surface area (Å²) < 4.78 is 0. The number of hydrogen-bond donors (Lipinski definition) is 1. The van der Waals surface area contributed by atoms with E-state index >= 15 is 0 Å². The highest BCUT2D eigenvalue weighted by atomic mass is 16.2. The third-order valence-corrected chi connectivity index (χ3v) is 5.91. The Morgan fingerprint density at radius 2 is 1.76 bits per heavy atom. The zero-order valence-electron chi connectivity index (χ0n) is 16.0. The molecule has 2 bridgehead atoms. The van der Waals surface area contributed by atoms with Crippen LogP contribution in [-0.2, 0) is 6.54 Å². The molecule has 2 unspecified atom stereocenters. The van der Waals surface area contributed by atoms with Gasteiger partial charge in [0.25, 0.3) is 5.91 Å². The second kappa shape index (κ2) is 8.33. The van der Waals surface area contributed by atoms with E-state index < -0.39 is 0 Å². The molecule has 1 aromatic rings. The fraction of sp³-hybridized carbons (Fsp3) is 0.667. The van der Waals surface area contributed by atoms with Crippen LogP contribution >= 0.6 is 0 Å². The molecule has 25 heavy (non-hydrogen) atoms. The SMILES string of the molecule is CCCN(CC)Cc1ccc(C(=O)N(C)C2CC3CCC(C2)N3)cc1. The van der Waals surface area contributed by atoms with Crippen molar-refractivity contribution in [1.82, 2.24) is 15.1 Å². The Balaban J connectivity index is 1.60. The number of carbonyl (C=O) groups excluding carboxylic acids is 1. The fourth-order valence-corrected chi connectivity index (χ4v) is 4.39. The van der Waals surface area contributed by atoms with Gasteiger partial charge in [-0.3, -0.25) is 9.69 Å². The second-order valence-electron chi connectivity index (χ2n) is 7.74. The summed E-state index contributed by atoms with van der Waals surface area (Å²) in [5.41, 5.74) is 2.10. The molecule has 4 heteroatoms. The van der Waals surface area contributed by atoms with Gasteiger partial charge in [-0.15, -0.1) is 0 Å². The van der Waals surface area contributed by atoms with Crippen LogP contribution in [0, 0.1) is 0 Å². The smallest absolute Gasteiger partial charge is 0.253 e. The molecule has 0 spiro atoms. The summed E-state index contributed by atoms with van der Waals surface area (Å²) >= 11 is 0. The monoisotopic (exact) mass is 343 g/mol. The zero-order chi connectivity index (χ0) is 17.8. The molecule has 2 heterocycles. The van der Waals surface area contributed by atoms with Crippen molar-refractivity contribution < 1.29 is 4.79 Å². The van der Waals surface area contributed by atoms with Gasteiger partial charge >= 0.3 is 0 Å². The van der Waals surface area contributed by atoms with Gasteiger partial charge < -0.3 is 10.2 Å². The van der Waals surface area contributed by atoms with Gasteiger partial charge in [-0.1, -0.05) is 26.0 Å². The molecule has 0 aliphatic carbocycles. The zero-order valence-corrected chi connectivity index (χ0v) is 16.0. The minimum Gasteiger partial charge on any atom is -0.339 e. The van der Waals surface area contributed by atoms with Crippen LogP contribution in [0.1, 0.15) is 61.9 Å². The maximum absolute atomic E-state index is 12.9. The number of fused-ring (bicyclic) bond motifs is 2. The molecule has 2 aliphatic heterocycles. The quantitative estimate of drug-likeness (QED) is 0.825. The molecule has 2 saturated heterocycles. The third-order valence-electron chi connectivity index (χ3n) is 5.91. The lowest BCUT2D eigenvalue weighted by Crippen LogP contribution is -2.48. The molecule has 0 aromatic heterocycles. The Bertz CT molecular complexity index is 559. The summed E-state index contributed by atoms with van der Waals surface area (Å²) in [7, 11) is 1.98. The van der Waals surface area contributed by atoms with Crippen LogP contribution in [0.15, 0.2) is 24.3 Å². The minimum absolute atomic E-state index is 0.166. The van der Waals surface area contributed by atoms with Crippen molar-refractivity contribution in [3.8, 4) is 0 Å². The molecule has 4 nitrogen and oxygen atoms in total. The number of piperidine rings is 1. The Morgan fingerprint density at radius 3 is 2.32 bits per heavy atom. The standard InChI is InChI=1S/C21H33N3O/c1-4-12-24(5-2)15-16-6-8-17(9-7-16)21(25)23(3)20-13-18-10-11-19(14-20)22-18/h6-9,18-20,22H,4-5,10-15H2,1-3H3. The van der Waals surface area contributed by atoms with Crippen LogP contribution in [-0.4, -0.2) is 54.0 Å². The van der Waals surface area contributed by atoms with E-state index in [9.17, 15) is 4.79 Å². The van der Waals surface area contributed by atoms with Crippen LogP contribution in [0.25, 0.3) is 0 Å². The lowest BCUT2D eigenvalue weighted by molar-refractivity contribution is 0.0681. The first-order valence-corrected chi connectivity index (χ1v) is 9.95. The summed E-state index contributed by atoms with van der Waals surface area (Å²) in [6.45, 7) is 7.57. The van der Waals surface area contributed by atoms with Crippen molar-refractivity contribution in [3.63, 3.8) is 0 Å². The Morgan fingerprint density at radius 1 is 1.12 bits per heavy atom. The number of benzene rings is 1. The van der Waals surface area contributed by atoms with Crippen molar-refractivity contribution >= 4 is 5.91 Å². The molecule has 2 aliphatic rings. The molecule has 2 fully saturated rings. The van der Waals surface area contributed by atoms with Gasteiger partial charge in [-0.2, -0.15) is 0 Å². The Labute approximate surface area is 152 Å². The van der Waals surface area contributed by atoms with Crippen molar-refractivity contribution in [3.05, 3.63) is 35.4 Å². The minimum atomic E-state index is 0.166. The molecular formula is C21H33N3O. The first-order chi connectivity index (χ1) is 12.1. The predicted molar refractivity (Wildman–Crippen MR) is 103 cm³/mol. The van der Waals surface area contributed by atoms with Gasteiger partial charge in [-0.25, -0.2) is 0 Å². The van der Waals surface area contributed by atoms with Gasteiger partial charge in [0, 0.05) is 37.3 Å². The lowest BCUT2D eigenvalue weighted by Gasteiger charge is -2.35. The maximum Gasteiger partial charge on any atom is 0.253 e. The van der Waals surface area contributed by atoms with E-state index in [2.05, 4.69) is 36.2 Å². The topological polar surface area (TPSA) is 35.6 Å². The summed E-state index contributed by atoms with van der Waals surface area (Å²) in [6, 6.07) is 9.84. The van der Waals surface area contributed by atoms with E-state index in [0.29, 0.717) is 18.1 Å². The van der Waals surface area contributed by atoms with E-state index in [0.717, 1.165) is 38.0 Å². The van der Waals surface area contributed by atoms with Gasteiger partial charge in [0.1, 0.15) is 0 Å². The summed E-state index contributed by atoms with van der Waals surface area (Å²) in [5, 5.41) is 3.65. The summed E-state index contributed by atoms with van der Waals surface area (Å²) in [4.78, 5) is 17.3. The van der Waals surface area contributed by atoms with Gasteiger partial charge in [-0.05, 0) is 62.9 Å². The van der Waals surface area contributed by atoms with E-state index in [1.807, 2.05) is 24.1 Å². The normalized spacial score (nSPS) is 25.4. The van der Waals surface area contributed by atoms with E-state index in [1.54, 1.807) is 0 Å². The summed E-state index contributed by atoms with van der Waals surface area (Å²) in [5.74, 6) is 0.166. The number of hydrogen-bond acceptors (Lipinski definition) is 3. The highest BCUT2D eigenvalue weighted by molar-refractivity contribution is 5.94. The maximum atomic E-state index is 12.9. The summed E-state index contributed by atoms with van der Waals surface area (Å²) in [6.07, 6.45) is 5.90. The molecule has 1 amide bonds. The fourth-order valence-electron chi connectivity index (χ4n) is 4.39. The average Bonchev–Trinajstić information content (AvgIpc) is 2.98. The average molecular weight is 344 g/mol. The first-order valence-electron chi connectivity index (χ1n) is 9.95. The van der Waals surface area contributed by atoms with E-state index in [4.69, 9.17) is 0 Å². The molecule has 1 aromatic carbocycles. The van der Waals surface area contributed by atoms with Crippen LogP contribution in [0.4, 0.5) is 0 Å². The number of nitrogens with zero attached hydrogens (tertiary/aromatic N) is 2. The molecule has 0 radical (unpaired) electrons. The van der Waals surface area contributed by atoms with Crippen molar-refractivity contribution in [2.45, 2.75) is 70.6 Å². The molecule has 138 valence electrons. The number of nitrogens with one attached hydrogen (secondary N) is 1. The van der Waals surface area contributed by atoms with Gasteiger partial charge in [0.15, 0.2) is 0 Å². The van der Waals surface area contributed by atoms with Crippen molar-refractivity contribution in [1.29, 1.82) is 0 Å². The lowest BCUT2D eigenvalue weighted by atomic mass is 9.98. The van der Waals surface area contributed by atoms with Crippen molar-refractivity contribution in [2.24, 2.45) is 0 Å². The third kappa shape index (κ3) is 4.42.